The summed E-state index contributed by atoms with van der Waals surface area (Å²) >= 11 is 3.20. The van der Waals surface area contributed by atoms with Crippen molar-refractivity contribution in [3.05, 3.63) is 34.3 Å². The molecule has 1 aliphatic heterocycles. The minimum Gasteiger partial charge on any atom is -0.357 e. The molecule has 1 saturated heterocycles. The first-order valence-corrected chi connectivity index (χ1v) is 7.60. The third-order valence-electron chi connectivity index (χ3n) is 3.65. The predicted octanol–water partition coefficient (Wildman–Crippen LogP) is 4.75. The number of ketones is 1. The molecule has 0 spiro atoms. The fourth-order valence-electron chi connectivity index (χ4n) is 2.67. The Kier molecular flexibility index (Phi) is 4.78. The van der Waals surface area contributed by atoms with Crippen LogP contribution in [0.5, 0.6) is 0 Å². The average Bonchev–Trinajstić information content (AvgIpc) is 2.37. The zero-order valence-electron chi connectivity index (χ0n) is 11.5. The summed E-state index contributed by atoms with van der Waals surface area (Å²) in [6.45, 7) is 1.86. The molecule has 0 N–H and O–H groups in total. The fourth-order valence-corrected chi connectivity index (χ4v) is 2.94. The van der Waals surface area contributed by atoms with Crippen LogP contribution in [0.15, 0.2) is 28.7 Å². The second-order valence-electron chi connectivity index (χ2n) is 5.28. The molecule has 1 aromatic carbocycles. The second kappa shape index (κ2) is 6.08. The number of rotatable bonds is 3. The molecule has 1 heterocycles. The maximum Gasteiger partial charge on any atom is 0.422 e. The Bertz CT molecular complexity index is 513. The number of benzene rings is 1. The van der Waals surface area contributed by atoms with E-state index in [4.69, 9.17) is 4.74 Å². The summed E-state index contributed by atoms with van der Waals surface area (Å²) in [5.74, 6) is -0.403. The summed E-state index contributed by atoms with van der Waals surface area (Å²) in [6.07, 6.45) is -4.79. The highest BCUT2D eigenvalue weighted by atomic mass is 79.9. The summed E-state index contributed by atoms with van der Waals surface area (Å²) < 4.78 is 47.1. The largest absolute Gasteiger partial charge is 0.422 e. The van der Waals surface area contributed by atoms with E-state index in [0.717, 1.165) is 0 Å². The first-order chi connectivity index (χ1) is 9.78. The van der Waals surface area contributed by atoms with Gasteiger partial charge in [-0.3, -0.25) is 4.79 Å². The van der Waals surface area contributed by atoms with E-state index in [9.17, 15) is 18.0 Å². The summed E-state index contributed by atoms with van der Waals surface area (Å²) in [5, 5.41) is 0. The predicted molar refractivity (Wildman–Crippen MR) is 75.9 cm³/mol. The standard InChI is InChI=1S/C15H16BrF3O2/c1-2-3-13-8-12(20)9-14(21-13,15(17,18)19)10-4-6-11(16)7-5-10/h4-7,13H,2-3,8-9H2,1H3/t13-,14-/m1/s1. The Morgan fingerprint density at radius 3 is 2.48 bits per heavy atom. The van der Waals surface area contributed by atoms with Gasteiger partial charge in [0, 0.05) is 17.3 Å². The molecule has 2 nitrogen and oxygen atoms in total. The van der Waals surface area contributed by atoms with Crippen molar-refractivity contribution in [2.75, 3.05) is 0 Å². The number of halogens is 4. The molecule has 1 aliphatic rings. The lowest BCUT2D eigenvalue weighted by molar-refractivity contribution is -0.306. The van der Waals surface area contributed by atoms with Gasteiger partial charge in [0.1, 0.15) is 5.78 Å². The van der Waals surface area contributed by atoms with Crippen LogP contribution >= 0.6 is 15.9 Å². The molecule has 0 bridgehead atoms. The topological polar surface area (TPSA) is 26.3 Å². The lowest BCUT2D eigenvalue weighted by Gasteiger charge is -2.42. The summed E-state index contributed by atoms with van der Waals surface area (Å²) in [4.78, 5) is 11.9. The van der Waals surface area contributed by atoms with Gasteiger partial charge in [-0.25, -0.2) is 0 Å². The fraction of sp³-hybridized carbons (Fsp3) is 0.533. The van der Waals surface area contributed by atoms with Crippen molar-refractivity contribution in [1.29, 1.82) is 0 Å². The molecule has 0 amide bonds. The Hall–Kier alpha value is -0.880. The summed E-state index contributed by atoms with van der Waals surface area (Å²) in [6, 6.07) is 5.78. The summed E-state index contributed by atoms with van der Waals surface area (Å²) in [7, 11) is 0. The Morgan fingerprint density at radius 1 is 1.33 bits per heavy atom. The van der Waals surface area contributed by atoms with Gasteiger partial charge < -0.3 is 4.74 Å². The van der Waals surface area contributed by atoms with Crippen molar-refractivity contribution in [3.8, 4) is 0 Å². The van der Waals surface area contributed by atoms with Crippen LogP contribution in [0.3, 0.4) is 0 Å². The van der Waals surface area contributed by atoms with Gasteiger partial charge in [-0.05, 0) is 24.1 Å². The smallest absolute Gasteiger partial charge is 0.357 e. The van der Waals surface area contributed by atoms with Gasteiger partial charge >= 0.3 is 6.18 Å². The lowest BCUT2D eigenvalue weighted by Crippen LogP contribution is -2.52. The Morgan fingerprint density at radius 2 is 1.95 bits per heavy atom. The molecule has 1 aromatic rings. The number of ether oxygens (including phenoxy) is 1. The van der Waals surface area contributed by atoms with Crippen LogP contribution in [0, 0.1) is 0 Å². The molecule has 0 aliphatic carbocycles. The van der Waals surface area contributed by atoms with Gasteiger partial charge in [0.15, 0.2) is 5.60 Å². The third kappa shape index (κ3) is 3.31. The quantitative estimate of drug-likeness (QED) is 0.773. The monoisotopic (exact) mass is 364 g/mol. The highest BCUT2D eigenvalue weighted by molar-refractivity contribution is 9.10. The highest BCUT2D eigenvalue weighted by Crippen LogP contribution is 2.49. The third-order valence-corrected chi connectivity index (χ3v) is 4.18. The number of carbonyl (C=O) groups is 1. The molecule has 0 radical (unpaired) electrons. The molecule has 0 unspecified atom stereocenters. The zero-order chi connectivity index (χ0) is 15.7. The van der Waals surface area contributed by atoms with Crippen LogP contribution in [0.1, 0.15) is 38.2 Å². The van der Waals surface area contributed by atoms with Crippen LogP contribution in [0.25, 0.3) is 0 Å². The van der Waals surface area contributed by atoms with Gasteiger partial charge in [0.25, 0.3) is 0 Å². The SMILES string of the molecule is CCC[C@@H]1CC(=O)C[C@@](c2ccc(Br)cc2)(C(F)(F)F)O1. The number of hydrogen-bond donors (Lipinski definition) is 0. The molecule has 2 atom stereocenters. The van der Waals surface area contributed by atoms with Crippen LogP contribution in [0.4, 0.5) is 13.2 Å². The van der Waals surface area contributed by atoms with Crippen molar-refractivity contribution in [3.63, 3.8) is 0 Å². The van der Waals surface area contributed by atoms with Crippen LogP contribution < -0.4 is 0 Å². The Balaban J connectivity index is 2.46. The highest BCUT2D eigenvalue weighted by Gasteiger charge is 2.60. The average molecular weight is 365 g/mol. The maximum atomic E-state index is 13.7. The molecular weight excluding hydrogens is 349 g/mol. The minimum atomic E-state index is -4.64. The molecular formula is C15H16BrF3O2. The van der Waals surface area contributed by atoms with Crippen molar-refractivity contribution in [2.45, 2.75) is 50.5 Å². The molecule has 1 fully saturated rings. The molecule has 21 heavy (non-hydrogen) atoms. The zero-order valence-corrected chi connectivity index (χ0v) is 13.1. The number of carbonyl (C=O) groups excluding carboxylic acids is 1. The van der Waals surface area contributed by atoms with Crippen LogP contribution in [0.2, 0.25) is 0 Å². The van der Waals surface area contributed by atoms with Crippen molar-refractivity contribution in [2.24, 2.45) is 0 Å². The van der Waals surface area contributed by atoms with Crippen LogP contribution in [-0.4, -0.2) is 18.1 Å². The maximum absolute atomic E-state index is 13.7. The molecule has 2 rings (SSSR count). The molecule has 6 heteroatoms. The van der Waals surface area contributed by atoms with Crippen LogP contribution in [-0.2, 0) is 15.1 Å². The van der Waals surface area contributed by atoms with E-state index in [2.05, 4.69) is 15.9 Å². The Labute approximate surface area is 129 Å². The van der Waals surface area contributed by atoms with Gasteiger partial charge in [-0.15, -0.1) is 0 Å². The minimum absolute atomic E-state index is 0.0210. The van der Waals surface area contributed by atoms with Gasteiger partial charge in [-0.1, -0.05) is 41.4 Å². The van der Waals surface area contributed by atoms with Gasteiger partial charge in [0.05, 0.1) is 6.10 Å². The number of hydrogen-bond acceptors (Lipinski definition) is 2. The normalized spacial score (nSPS) is 26.9. The summed E-state index contributed by atoms with van der Waals surface area (Å²) in [5.41, 5.74) is -2.55. The number of Topliss-reactive ketones (excluding diaryl/α,β-unsaturated/α-hetero) is 1. The van der Waals surface area contributed by atoms with E-state index < -0.39 is 30.1 Å². The van der Waals surface area contributed by atoms with E-state index in [0.29, 0.717) is 17.3 Å². The first-order valence-electron chi connectivity index (χ1n) is 6.81. The lowest BCUT2D eigenvalue weighted by atomic mass is 9.83. The van der Waals surface area contributed by atoms with Gasteiger partial charge in [0.2, 0.25) is 0 Å². The van der Waals surface area contributed by atoms with Crippen molar-refractivity contribution < 1.29 is 22.7 Å². The van der Waals surface area contributed by atoms with Crippen molar-refractivity contribution >= 4 is 21.7 Å². The van der Waals surface area contributed by atoms with E-state index in [1.54, 1.807) is 0 Å². The molecule has 0 saturated carbocycles. The van der Waals surface area contributed by atoms with Gasteiger partial charge in [-0.2, -0.15) is 13.2 Å². The van der Waals surface area contributed by atoms with Crippen molar-refractivity contribution in [1.82, 2.24) is 0 Å². The van der Waals surface area contributed by atoms with E-state index in [1.807, 2.05) is 6.92 Å². The second-order valence-corrected chi connectivity index (χ2v) is 6.20. The number of alkyl halides is 3. The van der Waals surface area contributed by atoms with E-state index in [1.165, 1.54) is 24.3 Å². The van der Waals surface area contributed by atoms with E-state index >= 15 is 0 Å². The molecule has 116 valence electrons. The molecule has 0 aromatic heterocycles. The first kappa shape index (κ1) is 16.5. The van der Waals surface area contributed by atoms with E-state index in [-0.39, 0.29) is 12.0 Å².